The molecule has 0 aromatic heterocycles. The topological polar surface area (TPSA) is 20.3 Å². The Labute approximate surface area is 112 Å². The van der Waals surface area contributed by atoms with Gasteiger partial charge in [0, 0.05) is 18.5 Å². The molecular weight excluding hydrogens is 222 g/mol. The van der Waals surface area contributed by atoms with E-state index in [0.29, 0.717) is 11.8 Å². The van der Waals surface area contributed by atoms with Crippen LogP contribution in [-0.4, -0.2) is 29.3 Å². The molecule has 0 aromatic rings. The van der Waals surface area contributed by atoms with Gasteiger partial charge in [0.25, 0.3) is 0 Å². The second-order valence-electron chi connectivity index (χ2n) is 6.56. The van der Waals surface area contributed by atoms with Crippen molar-refractivity contribution < 1.29 is 4.79 Å². The van der Waals surface area contributed by atoms with Crippen molar-refractivity contribution in [3.05, 3.63) is 0 Å². The number of nitrogens with zero attached hydrogens (tertiary/aromatic N) is 1. The largest absolute Gasteiger partial charge is 0.300 e. The minimum absolute atomic E-state index is 0.371. The number of rotatable bonds is 3. The molecule has 0 N–H and O–H groups in total. The van der Waals surface area contributed by atoms with Crippen LogP contribution in [0.15, 0.2) is 0 Å². The van der Waals surface area contributed by atoms with Crippen LogP contribution in [0.1, 0.15) is 71.6 Å². The fraction of sp³-hybridized carbons (Fsp3) is 0.938. The van der Waals surface area contributed by atoms with E-state index in [4.69, 9.17) is 0 Å². The third-order valence-corrected chi connectivity index (χ3v) is 4.90. The first-order chi connectivity index (χ1) is 8.66. The summed E-state index contributed by atoms with van der Waals surface area (Å²) >= 11 is 0. The number of carbonyl (C=O) groups excluding carboxylic acids is 1. The van der Waals surface area contributed by atoms with Crippen LogP contribution in [0.5, 0.6) is 0 Å². The quantitative estimate of drug-likeness (QED) is 0.760. The summed E-state index contributed by atoms with van der Waals surface area (Å²) in [4.78, 5) is 14.2. The molecule has 0 aromatic carbocycles. The van der Waals surface area contributed by atoms with Gasteiger partial charge in [-0.15, -0.1) is 0 Å². The van der Waals surface area contributed by atoms with Crippen LogP contribution in [0.4, 0.5) is 0 Å². The third kappa shape index (κ3) is 3.81. The summed E-state index contributed by atoms with van der Waals surface area (Å²) in [5.41, 5.74) is 0. The zero-order valence-electron chi connectivity index (χ0n) is 12.2. The molecule has 2 rings (SSSR count). The number of hydrogen-bond acceptors (Lipinski definition) is 2. The molecule has 1 heterocycles. The average Bonchev–Trinajstić information content (AvgIpc) is 2.55. The molecule has 1 atom stereocenters. The van der Waals surface area contributed by atoms with E-state index < -0.39 is 0 Å². The molecule has 0 amide bonds. The van der Waals surface area contributed by atoms with Gasteiger partial charge >= 0.3 is 0 Å². The van der Waals surface area contributed by atoms with E-state index in [1.165, 1.54) is 57.9 Å². The molecule has 2 nitrogen and oxygen atoms in total. The van der Waals surface area contributed by atoms with E-state index in [-0.39, 0.29) is 0 Å². The molecule has 2 fully saturated rings. The Bertz CT molecular complexity index is 268. The summed E-state index contributed by atoms with van der Waals surface area (Å²) in [5.74, 6) is 1.29. The van der Waals surface area contributed by atoms with Gasteiger partial charge in [-0.05, 0) is 57.9 Å². The maximum atomic E-state index is 11.5. The van der Waals surface area contributed by atoms with Gasteiger partial charge in [0.1, 0.15) is 5.78 Å². The molecule has 1 unspecified atom stereocenters. The van der Waals surface area contributed by atoms with Crippen LogP contribution in [0.2, 0.25) is 0 Å². The lowest BCUT2D eigenvalue weighted by Gasteiger charge is -2.40. The maximum Gasteiger partial charge on any atom is 0.131 e. The van der Waals surface area contributed by atoms with Crippen LogP contribution < -0.4 is 0 Å². The van der Waals surface area contributed by atoms with Crippen LogP contribution in [0.3, 0.4) is 0 Å². The molecule has 1 saturated carbocycles. The predicted octanol–water partition coefficient (Wildman–Crippen LogP) is 3.79. The van der Waals surface area contributed by atoms with Gasteiger partial charge in [-0.25, -0.2) is 0 Å². The van der Waals surface area contributed by atoms with Crippen molar-refractivity contribution in [3.63, 3.8) is 0 Å². The van der Waals surface area contributed by atoms with E-state index in [1.807, 2.05) is 0 Å². The van der Waals surface area contributed by atoms with E-state index >= 15 is 0 Å². The van der Waals surface area contributed by atoms with Gasteiger partial charge in [-0.3, -0.25) is 9.69 Å². The number of Topliss-reactive ketones (excluding diaryl/α,β-unsaturated/α-hetero) is 1. The van der Waals surface area contributed by atoms with Crippen molar-refractivity contribution in [3.8, 4) is 0 Å². The minimum Gasteiger partial charge on any atom is -0.300 e. The van der Waals surface area contributed by atoms with Crippen molar-refractivity contribution in [1.82, 2.24) is 4.90 Å². The highest BCUT2D eigenvalue weighted by Crippen LogP contribution is 2.31. The Kier molecular flexibility index (Phi) is 5.23. The molecule has 104 valence electrons. The van der Waals surface area contributed by atoms with Gasteiger partial charge in [-0.1, -0.05) is 19.8 Å². The SMILES string of the molecule is CC(=O)CC1CCCCCN1C1CCC(C)CC1. The lowest BCUT2D eigenvalue weighted by molar-refractivity contribution is -0.118. The normalized spacial score (nSPS) is 35.1. The summed E-state index contributed by atoms with van der Waals surface area (Å²) < 4.78 is 0. The van der Waals surface area contributed by atoms with Gasteiger partial charge in [0.05, 0.1) is 0 Å². The van der Waals surface area contributed by atoms with Crippen molar-refractivity contribution in [2.45, 2.75) is 83.7 Å². The van der Waals surface area contributed by atoms with Crippen molar-refractivity contribution in [2.24, 2.45) is 5.92 Å². The predicted molar refractivity (Wildman–Crippen MR) is 75.7 cm³/mol. The molecule has 1 aliphatic heterocycles. The summed E-state index contributed by atoms with van der Waals surface area (Å²) in [7, 11) is 0. The van der Waals surface area contributed by atoms with Crippen molar-refractivity contribution >= 4 is 5.78 Å². The fourth-order valence-corrected chi connectivity index (χ4v) is 3.81. The maximum absolute atomic E-state index is 11.5. The van der Waals surface area contributed by atoms with Crippen LogP contribution in [0.25, 0.3) is 0 Å². The zero-order valence-corrected chi connectivity index (χ0v) is 12.2. The summed E-state index contributed by atoms with van der Waals surface area (Å²) in [6.45, 7) is 5.37. The van der Waals surface area contributed by atoms with Gasteiger partial charge in [-0.2, -0.15) is 0 Å². The Morgan fingerprint density at radius 1 is 1.06 bits per heavy atom. The Morgan fingerprint density at radius 3 is 2.44 bits per heavy atom. The fourth-order valence-electron chi connectivity index (χ4n) is 3.81. The molecule has 1 aliphatic carbocycles. The van der Waals surface area contributed by atoms with E-state index in [1.54, 1.807) is 6.92 Å². The highest BCUT2D eigenvalue weighted by atomic mass is 16.1. The summed E-state index contributed by atoms with van der Waals surface area (Å²) in [5, 5.41) is 0. The molecule has 18 heavy (non-hydrogen) atoms. The smallest absolute Gasteiger partial charge is 0.131 e. The first-order valence-corrected chi connectivity index (χ1v) is 7.92. The lowest BCUT2D eigenvalue weighted by Crippen LogP contribution is -2.45. The third-order valence-electron chi connectivity index (χ3n) is 4.90. The van der Waals surface area contributed by atoms with Gasteiger partial charge in [0.15, 0.2) is 0 Å². The molecule has 1 saturated heterocycles. The standard InChI is InChI=1S/C16H29NO/c1-13-7-9-15(10-8-13)17-11-5-3-4-6-16(17)12-14(2)18/h13,15-16H,3-12H2,1-2H3. The highest BCUT2D eigenvalue weighted by molar-refractivity contribution is 5.76. The molecule has 0 spiro atoms. The van der Waals surface area contributed by atoms with Crippen molar-refractivity contribution in [2.75, 3.05) is 6.54 Å². The number of likely N-dealkylation sites (tertiary alicyclic amines) is 1. The van der Waals surface area contributed by atoms with Gasteiger partial charge < -0.3 is 0 Å². The van der Waals surface area contributed by atoms with E-state index in [9.17, 15) is 4.79 Å². The molecule has 0 radical (unpaired) electrons. The highest BCUT2D eigenvalue weighted by Gasteiger charge is 2.30. The molecule has 0 bridgehead atoms. The average molecular weight is 251 g/mol. The van der Waals surface area contributed by atoms with Crippen LogP contribution in [-0.2, 0) is 4.79 Å². The molecular formula is C16H29NO. The number of carbonyl (C=O) groups is 1. The number of hydrogen-bond donors (Lipinski definition) is 0. The Morgan fingerprint density at radius 2 is 1.78 bits per heavy atom. The van der Waals surface area contributed by atoms with Gasteiger partial charge in [0.2, 0.25) is 0 Å². The van der Waals surface area contributed by atoms with Crippen LogP contribution in [0, 0.1) is 5.92 Å². The van der Waals surface area contributed by atoms with E-state index in [2.05, 4.69) is 11.8 Å². The first kappa shape index (κ1) is 14.0. The Balaban J connectivity index is 1.98. The second kappa shape index (κ2) is 6.70. The lowest BCUT2D eigenvalue weighted by atomic mass is 9.85. The van der Waals surface area contributed by atoms with E-state index in [0.717, 1.165) is 18.4 Å². The molecule has 2 aliphatic rings. The zero-order chi connectivity index (χ0) is 13.0. The molecule has 2 heteroatoms. The first-order valence-electron chi connectivity index (χ1n) is 7.92. The summed E-state index contributed by atoms with van der Waals surface area (Å²) in [6, 6.07) is 1.31. The minimum atomic E-state index is 0.371. The summed E-state index contributed by atoms with van der Waals surface area (Å²) in [6.07, 6.45) is 11.5. The number of ketones is 1. The Hall–Kier alpha value is -0.370. The van der Waals surface area contributed by atoms with Crippen LogP contribution >= 0.6 is 0 Å². The second-order valence-corrected chi connectivity index (χ2v) is 6.56. The van der Waals surface area contributed by atoms with Crippen molar-refractivity contribution in [1.29, 1.82) is 0 Å². The monoisotopic (exact) mass is 251 g/mol.